The molecular formula is C11H18N2OS. The van der Waals surface area contributed by atoms with E-state index in [2.05, 4.69) is 5.32 Å². The molecule has 0 aliphatic heterocycles. The quantitative estimate of drug-likeness (QED) is 0.670. The number of anilines is 2. The lowest BCUT2D eigenvalue weighted by molar-refractivity contribution is 0.0997. The molecule has 15 heavy (non-hydrogen) atoms. The number of nitrogens with one attached hydrogen (secondary N) is 1. The number of thioether (sulfide) groups is 1. The van der Waals surface area contributed by atoms with Gasteiger partial charge in [0.15, 0.2) is 0 Å². The lowest BCUT2D eigenvalue weighted by Gasteiger charge is -2.23. The van der Waals surface area contributed by atoms with Crippen LogP contribution in [0.3, 0.4) is 0 Å². The Balaban J connectivity index is 2.46. The maximum Gasteiger partial charge on any atom is 0.0880 e. The third-order valence-corrected chi connectivity index (χ3v) is 2.95. The van der Waals surface area contributed by atoms with Crippen LogP contribution >= 0.6 is 11.8 Å². The molecule has 0 heterocycles. The van der Waals surface area contributed by atoms with Gasteiger partial charge >= 0.3 is 0 Å². The van der Waals surface area contributed by atoms with Gasteiger partial charge in [0.25, 0.3) is 0 Å². The second-order valence-electron chi connectivity index (χ2n) is 3.91. The molecule has 0 aliphatic carbocycles. The van der Waals surface area contributed by atoms with Gasteiger partial charge in [-0.25, -0.2) is 0 Å². The van der Waals surface area contributed by atoms with Crippen LogP contribution in [0, 0.1) is 0 Å². The Kier molecular flexibility index (Phi) is 4.29. The number of hydrogen-bond acceptors (Lipinski definition) is 4. The van der Waals surface area contributed by atoms with Gasteiger partial charge in [-0.1, -0.05) is 0 Å². The van der Waals surface area contributed by atoms with Crippen molar-refractivity contribution in [3.63, 3.8) is 0 Å². The van der Waals surface area contributed by atoms with Crippen LogP contribution in [0.1, 0.15) is 6.92 Å². The smallest absolute Gasteiger partial charge is 0.0880 e. The predicted molar refractivity (Wildman–Crippen MR) is 68.3 cm³/mol. The van der Waals surface area contributed by atoms with Crippen LogP contribution in [0.4, 0.5) is 11.4 Å². The highest BCUT2D eigenvalue weighted by Crippen LogP contribution is 2.14. The molecule has 1 rings (SSSR count). The Bertz CT molecular complexity index is 298. The molecular weight excluding hydrogens is 208 g/mol. The number of hydrogen-bond donors (Lipinski definition) is 3. The lowest BCUT2D eigenvalue weighted by atomic mass is 10.1. The number of aliphatic hydroxyl groups is 1. The predicted octanol–water partition coefficient (Wildman–Crippen LogP) is 1.79. The summed E-state index contributed by atoms with van der Waals surface area (Å²) in [4.78, 5) is 0. The van der Waals surface area contributed by atoms with Gasteiger partial charge in [-0.15, -0.1) is 0 Å². The van der Waals surface area contributed by atoms with Crippen molar-refractivity contribution in [2.45, 2.75) is 12.5 Å². The molecule has 0 amide bonds. The summed E-state index contributed by atoms with van der Waals surface area (Å²) in [5.41, 5.74) is 6.62. The molecule has 0 aliphatic rings. The average Bonchev–Trinajstić information content (AvgIpc) is 2.17. The zero-order valence-electron chi connectivity index (χ0n) is 9.16. The zero-order chi connectivity index (χ0) is 11.3. The first-order valence-electron chi connectivity index (χ1n) is 4.84. The maximum absolute atomic E-state index is 9.92. The fourth-order valence-corrected chi connectivity index (χ4v) is 1.98. The summed E-state index contributed by atoms with van der Waals surface area (Å²) in [6, 6.07) is 7.49. The molecule has 0 aromatic heterocycles. The first kappa shape index (κ1) is 12.2. The van der Waals surface area contributed by atoms with Gasteiger partial charge in [-0.3, -0.25) is 0 Å². The second kappa shape index (κ2) is 5.28. The van der Waals surface area contributed by atoms with Crippen LogP contribution in [-0.2, 0) is 0 Å². The second-order valence-corrected chi connectivity index (χ2v) is 4.77. The van der Waals surface area contributed by atoms with Gasteiger partial charge in [0, 0.05) is 23.7 Å². The fourth-order valence-electron chi connectivity index (χ4n) is 1.26. The topological polar surface area (TPSA) is 58.3 Å². The van der Waals surface area contributed by atoms with E-state index < -0.39 is 5.60 Å². The van der Waals surface area contributed by atoms with Crippen molar-refractivity contribution < 1.29 is 5.11 Å². The Labute approximate surface area is 95.1 Å². The Morgan fingerprint density at radius 3 is 2.53 bits per heavy atom. The van der Waals surface area contributed by atoms with E-state index in [4.69, 9.17) is 5.73 Å². The minimum Gasteiger partial charge on any atom is -0.399 e. The van der Waals surface area contributed by atoms with Crippen LogP contribution in [0.5, 0.6) is 0 Å². The molecule has 0 saturated carbocycles. The molecule has 1 aromatic carbocycles. The van der Waals surface area contributed by atoms with Crippen LogP contribution in [-0.4, -0.2) is 29.3 Å². The van der Waals surface area contributed by atoms with Gasteiger partial charge in [0.2, 0.25) is 0 Å². The third-order valence-electron chi connectivity index (χ3n) is 2.04. The molecule has 0 fully saturated rings. The minimum atomic E-state index is -0.680. The van der Waals surface area contributed by atoms with E-state index >= 15 is 0 Å². The average molecular weight is 226 g/mol. The lowest BCUT2D eigenvalue weighted by Crippen LogP contribution is -2.36. The summed E-state index contributed by atoms with van der Waals surface area (Å²) in [7, 11) is 0. The molecule has 0 saturated heterocycles. The van der Waals surface area contributed by atoms with Gasteiger partial charge in [-0.05, 0) is 37.4 Å². The monoisotopic (exact) mass is 226 g/mol. The van der Waals surface area contributed by atoms with Gasteiger partial charge in [-0.2, -0.15) is 11.8 Å². The third kappa shape index (κ3) is 4.44. The maximum atomic E-state index is 9.92. The Morgan fingerprint density at radius 2 is 2.00 bits per heavy atom. The number of rotatable bonds is 5. The summed E-state index contributed by atoms with van der Waals surface area (Å²) in [5.74, 6) is 0.717. The van der Waals surface area contributed by atoms with Gasteiger partial charge in [0.1, 0.15) is 0 Å². The first-order chi connectivity index (χ1) is 7.03. The molecule has 1 aromatic rings. The molecule has 4 heteroatoms. The van der Waals surface area contributed by atoms with Gasteiger partial charge in [0.05, 0.1) is 5.60 Å². The van der Waals surface area contributed by atoms with Crippen molar-refractivity contribution in [1.82, 2.24) is 0 Å². The first-order valence-corrected chi connectivity index (χ1v) is 6.24. The van der Waals surface area contributed by atoms with E-state index in [9.17, 15) is 5.11 Å². The normalized spacial score (nSPS) is 14.6. The summed E-state index contributed by atoms with van der Waals surface area (Å²) in [5, 5.41) is 13.1. The number of nitrogens with two attached hydrogens (primary N) is 1. The summed E-state index contributed by atoms with van der Waals surface area (Å²) in [6.45, 7) is 2.37. The fraction of sp³-hybridized carbons (Fsp3) is 0.455. The van der Waals surface area contributed by atoms with Crippen molar-refractivity contribution in [3.8, 4) is 0 Å². The molecule has 0 bridgehead atoms. The van der Waals surface area contributed by atoms with Crippen LogP contribution in [0.25, 0.3) is 0 Å². The van der Waals surface area contributed by atoms with Crippen molar-refractivity contribution in [2.24, 2.45) is 0 Å². The minimum absolute atomic E-state index is 0.539. The molecule has 0 spiro atoms. The van der Waals surface area contributed by atoms with E-state index in [1.807, 2.05) is 37.4 Å². The van der Waals surface area contributed by atoms with Crippen molar-refractivity contribution in [3.05, 3.63) is 24.3 Å². The van der Waals surface area contributed by atoms with E-state index in [-0.39, 0.29) is 0 Å². The van der Waals surface area contributed by atoms with E-state index in [1.54, 1.807) is 11.8 Å². The summed E-state index contributed by atoms with van der Waals surface area (Å²) >= 11 is 1.64. The molecule has 4 N–H and O–H groups in total. The summed E-state index contributed by atoms with van der Waals surface area (Å²) < 4.78 is 0. The van der Waals surface area contributed by atoms with Crippen LogP contribution in [0.2, 0.25) is 0 Å². The number of benzene rings is 1. The summed E-state index contributed by atoms with van der Waals surface area (Å²) in [6.07, 6.45) is 1.98. The highest BCUT2D eigenvalue weighted by Gasteiger charge is 2.18. The Morgan fingerprint density at radius 1 is 1.40 bits per heavy atom. The molecule has 3 nitrogen and oxygen atoms in total. The molecule has 1 unspecified atom stereocenters. The molecule has 1 atom stereocenters. The molecule has 0 radical (unpaired) electrons. The zero-order valence-corrected chi connectivity index (χ0v) is 9.97. The van der Waals surface area contributed by atoms with E-state index in [1.165, 1.54) is 0 Å². The highest BCUT2D eigenvalue weighted by atomic mass is 32.2. The van der Waals surface area contributed by atoms with Gasteiger partial charge < -0.3 is 16.2 Å². The Hall–Kier alpha value is -0.870. The number of nitrogen functional groups attached to an aromatic ring is 1. The largest absolute Gasteiger partial charge is 0.399 e. The van der Waals surface area contributed by atoms with Crippen molar-refractivity contribution in [1.29, 1.82) is 0 Å². The van der Waals surface area contributed by atoms with Crippen molar-refractivity contribution >= 4 is 23.1 Å². The highest BCUT2D eigenvalue weighted by molar-refractivity contribution is 7.98. The van der Waals surface area contributed by atoms with Crippen LogP contribution < -0.4 is 11.1 Å². The standard InChI is InChI=1S/C11H18N2OS/c1-11(14,8-15-2)7-13-10-5-3-9(12)4-6-10/h3-6,13-14H,7-8,12H2,1-2H3. The van der Waals surface area contributed by atoms with E-state index in [0.29, 0.717) is 6.54 Å². The SMILES string of the molecule is CSCC(C)(O)CNc1ccc(N)cc1. The van der Waals surface area contributed by atoms with E-state index in [0.717, 1.165) is 17.1 Å². The molecule has 84 valence electrons. The van der Waals surface area contributed by atoms with Crippen LogP contribution in [0.15, 0.2) is 24.3 Å². The van der Waals surface area contributed by atoms with Crippen molar-refractivity contribution in [2.75, 3.05) is 29.6 Å².